The van der Waals surface area contributed by atoms with Crippen LogP contribution in [0.1, 0.15) is 29.6 Å². The maximum Gasteiger partial charge on any atom is 0.143 e. The molecule has 0 N–H and O–H groups in total. The largest absolute Gasteiger partial charge is 0.486 e. The molecule has 168 valence electrons. The van der Waals surface area contributed by atoms with E-state index in [-0.39, 0.29) is 0 Å². The van der Waals surface area contributed by atoms with Crippen LogP contribution in [0, 0.1) is 0 Å². The van der Waals surface area contributed by atoms with Crippen LogP contribution in [0.25, 0.3) is 11.3 Å². The van der Waals surface area contributed by atoms with Gasteiger partial charge in [-0.1, -0.05) is 30.7 Å². The molecule has 0 saturated heterocycles. The summed E-state index contributed by atoms with van der Waals surface area (Å²) < 4.78 is 7.44. The van der Waals surface area contributed by atoms with Gasteiger partial charge in [-0.3, -0.25) is 0 Å². The summed E-state index contributed by atoms with van der Waals surface area (Å²) in [7, 11) is 0. The molecule has 0 radical (unpaired) electrons. The number of tetrazole rings is 1. The van der Waals surface area contributed by atoms with Crippen molar-refractivity contribution >= 4 is 34.3 Å². The first kappa shape index (κ1) is 21.5. The molecule has 3 aromatic heterocycles. The zero-order valence-electron chi connectivity index (χ0n) is 18.1. The number of anilines is 1. The van der Waals surface area contributed by atoms with Gasteiger partial charge in [-0.2, -0.15) is 0 Å². The number of halogens is 1. The molecular formula is C23H22ClN7OS. The van der Waals surface area contributed by atoms with Crippen LogP contribution < -0.4 is 9.64 Å². The fourth-order valence-corrected chi connectivity index (χ4v) is 4.69. The van der Waals surface area contributed by atoms with Crippen molar-refractivity contribution in [3.05, 3.63) is 75.6 Å². The van der Waals surface area contributed by atoms with Crippen LogP contribution in [0.5, 0.6) is 5.75 Å². The summed E-state index contributed by atoms with van der Waals surface area (Å²) in [5.41, 5.74) is 4.18. The lowest BCUT2D eigenvalue weighted by Crippen LogP contribution is -2.28. The Kier molecular flexibility index (Phi) is 6.32. The van der Waals surface area contributed by atoms with E-state index in [1.165, 1.54) is 22.1 Å². The fourth-order valence-electron chi connectivity index (χ4n) is 3.59. The van der Waals surface area contributed by atoms with Gasteiger partial charge in [0.1, 0.15) is 29.5 Å². The van der Waals surface area contributed by atoms with Crippen LogP contribution in [0.3, 0.4) is 0 Å². The summed E-state index contributed by atoms with van der Waals surface area (Å²) in [5, 5.41) is 14.7. The quantitative estimate of drug-likeness (QED) is 0.383. The molecule has 1 aliphatic heterocycles. The minimum atomic E-state index is 0.355. The molecule has 0 saturated carbocycles. The van der Waals surface area contributed by atoms with Gasteiger partial charge in [0, 0.05) is 24.7 Å². The van der Waals surface area contributed by atoms with Gasteiger partial charge in [0.05, 0.1) is 16.4 Å². The van der Waals surface area contributed by atoms with Crippen molar-refractivity contribution in [2.75, 3.05) is 18.0 Å². The number of rotatable bonds is 7. The third kappa shape index (κ3) is 4.89. The van der Waals surface area contributed by atoms with Crippen LogP contribution in [0.4, 0.5) is 5.82 Å². The Morgan fingerprint density at radius 2 is 2.15 bits per heavy atom. The first-order valence-corrected chi connectivity index (χ1v) is 11.9. The lowest BCUT2D eigenvalue weighted by molar-refractivity contribution is 0.302. The maximum atomic E-state index is 6.38. The van der Waals surface area contributed by atoms with Crippen LogP contribution in [-0.2, 0) is 13.0 Å². The molecule has 5 rings (SSSR count). The molecule has 1 aliphatic rings. The Morgan fingerprint density at radius 1 is 1.21 bits per heavy atom. The van der Waals surface area contributed by atoms with Crippen molar-refractivity contribution in [2.45, 2.75) is 26.4 Å². The highest BCUT2D eigenvalue weighted by atomic mass is 35.5. The molecule has 0 bridgehead atoms. The molecule has 0 fully saturated rings. The van der Waals surface area contributed by atoms with E-state index in [1.807, 2.05) is 23.7 Å². The Bertz CT molecular complexity index is 1250. The van der Waals surface area contributed by atoms with Gasteiger partial charge in [0.15, 0.2) is 0 Å². The first-order chi connectivity index (χ1) is 16.2. The number of ether oxygens (including phenoxy) is 1. The van der Waals surface area contributed by atoms with Crippen molar-refractivity contribution in [3.63, 3.8) is 0 Å². The number of hydrogen-bond acceptors (Lipinski definition) is 8. The predicted molar refractivity (Wildman–Crippen MR) is 129 cm³/mol. The summed E-state index contributed by atoms with van der Waals surface area (Å²) in [5.74, 6) is 1.62. The average Bonchev–Trinajstić information content (AvgIpc) is 3.56. The first-order valence-electron chi connectivity index (χ1n) is 10.7. The number of hydrogen-bond donors (Lipinski definition) is 0. The molecule has 0 aliphatic carbocycles. The van der Waals surface area contributed by atoms with Crippen molar-refractivity contribution in [1.82, 2.24) is 30.2 Å². The van der Waals surface area contributed by atoms with E-state index in [1.54, 1.807) is 17.4 Å². The molecule has 4 heterocycles. The van der Waals surface area contributed by atoms with Crippen LogP contribution in [0.2, 0.25) is 5.02 Å². The van der Waals surface area contributed by atoms with Crippen molar-refractivity contribution in [3.8, 4) is 11.4 Å². The predicted octanol–water partition coefficient (Wildman–Crippen LogP) is 4.60. The van der Waals surface area contributed by atoms with Gasteiger partial charge in [-0.15, -0.1) is 16.4 Å². The lowest BCUT2D eigenvalue weighted by atomic mass is 10.1. The van der Waals surface area contributed by atoms with Crippen LogP contribution >= 0.6 is 22.9 Å². The number of thiazole rings is 1. The summed E-state index contributed by atoms with van der Waals surface area (Å²) in [4.78, 5) is 11.7. The zero-order valence-corrected chi connectivity index (χ0v) is 19.6. The van der Waals surface area contributed by atoms with Gasteiger partial charge < -0.3 is 9.64 Å². The minimum Gasteiger partial charge on any atom is -0.486 e. The zero-order chi connectivity index (χ0) is 22.6. The summed E-state index contributed by atoms with van der Waals surface area (Å²) >= 11 is 8.02. The second-order valence-corrected chi connectivity index (χ2v) is 8.87. The second kappa shape index (κ2) is 9.68. The number of benzene rings is 1. The Balaban J connectivity index is 1.20. The molecule has 1 aromatic carbocycles. The summed E-state index contributed by atoms with van der Waals surface area (Å²) in [6.45, 7) is 4.26. The van der Waals surface area contributed by atoms with Crippen LogP contribution in [-0.4, -0.2) is 43.3 Å². The maximum absolute atomic E-state index is 6.38. The fraction of sp³-hybridized carbons (Fsp3) is 0.261. The molecule has 0 atom stereocenters. The lowest BCUT2D eigenvalue weighted by Gasteiger charge is -2.27. The number of pyridine rings is 1. The van der Waals surface area contributed by atoms with E-state index in [0.717, 1.165) is 48.1 Å². The Labute approximate surface area is 200 Å². The second-order valence-electron chi connectivity index (χ2n) is 7.61. The molecular weight excluding hydrogens is 458 g/mol. The Morgan fingerprint density at radius 3 is 2.85 bits per heavy atom. The van der Waals surface area contributed by atoms with Gasteiger partial charge >= 0.3 is 0 Å². The van der Waals surface area contributed by atoms with Crippen molar-refractivity contribution < 1.29 is 4.74 Å². The Hall–Kier alpha value is -3.30. The highest BCUT2D eigenvalue weighted by molar-refractivity contribution is 7.10. The third-order valence-corrected chi connectivity index (χ3v) is 6.74. The van der Waals surface area contributed by atoms with Gasteiger partial charge in [0.2, 0.25) is 0 Å². The molecule has 33 heavy (non-hydrogen) atoms. The number of aromatic nitrogens is 6. The van der Waals surface area contributed by atoms with E-state index in [4.69, 9.17) is 21.3 Å². The van der Waals surface area contributed by atoms with Gasteiger partial charge in [-0.05, 0) is 58.7 Å². The third-order valence-electron chi connectivity index (χ3n) is 5.48. The van der Waals surface area contributed by atoms with Gasteiger partial charge in [0.25, 0.3) is 0 Å². The minimum absolute atomic E-state index is 0.355. The average molecular weight is 480 g/mol. The molecule has 0 spiro atoms. The van der Waals surface area contributed by atoms with Crippen LogP contribution in [0.15, 0.2) is 54.3 Å². The topological polar surface area (TPSA) is 81.9 Å². The summed E-state index contributed by atoms with van der Waals surface area (Å²) in [6, 6.07) is 9.69. The monoisotopic (exact) mass is 479 g/mol. The highest BCUT2D eigenvalue weighted by Crippen LogP contribution is 2.30. The van der Waals surface area contributed by atoms with E-state index in [9.17, 15) is 0 Å². The molecule has 10 heteroatoms. The number of nitrogens with zero attached hydrogens (tertiary/aromatic N) is 7. The van der Waals surface area contributed by atoms with E-state index >= 15 is 0 Å². The number of aryl methyl sites for hydroxylation is 1. The SMILES string of the molecule is CCc1ccc(N2CC=C(c3nc(COc4ccc(-n5cnnn5)cc4Cl)cs3)CC2)nc1. The molecule has 8 nitrogen and oxygen atoms in total. The van der Waals surface area contributed by atoms with E-state index in [2.05, 4.69) is 50.5 Å². The standard InChI is InChI=1S/C23H22ClN7OS/c1-2-16-3-6-22(25-12-16)30-9-7-17(8-10-30)23-27-18(14-33-23)13-32-21-5-4-19(11-20(21)24)31-15-26-28-29-31/h3-7,11-12,14-15H,2,8-10,13H2,1H3. The van der Waals surface area contributed by atoms with Crippen molar-refractivity contribution in [1.29, 1.82) is 0 Å². The molecule has 0 unspecified atom stereocenters. The smallest absolute Gasteiger partial charge is 0.143 e. The van der Waals surface area contributed by atoms with Crippen molar-refractivity contribution in [2.24, 2.45) is 0 Å². The molecule has 0 amide bonds. The molecule has 4 aromatic rings. The highest BCUT2D eigenvalue weighted by Gasteiger charge is 2.17. The normalized spacial score (nSPS) is 13.8. The summed E-state index contributed by atoms with van der Waals surface area (Å²) in [6.07, 6.45) is 7.67. The van der Waals surface area contributed by atoms with E-state index < -0.39 is 0 Å². The van der Waals surface area contributed by atoms with E-state index in [0.29, 0.717) is 17.4 Å². The van der Waals surface area contributed by atoms with Gasteiger partial charge in [-0.25, -0.2) is 14.6 Å².